The van der Waals surface area contributed by atoms with E-state index in [4.69, 9.17) is 4.74 Å². The monoisotopic (exact) mass is 178 g/mol. The van der Waals surface area contributed by atoms with Crippen molar-refractivity contribution in [1.29, 1.82) is 0 Å². The minimum Gasteiger partial charge on any atom is -0.447 e. The lowest BCUT2D eigenvalue weighted by Crippen LogP contribution is -2.49. The number of nitrogens with zero attached hydrogens (tertiary/aromatic N) is 1. The van der Waals surface area contributed by atoms with Gasteiger partial charge in [0.05, 0.1) is 6.04 Å². The number of ether oxygens (including phenoxy) is 1. The fraction of sp³-hybridized carbons (Fsp3) is 0.833. The predicted molar refractivity (Wildman–Crippen MR) is 42.0 cm³/mol. The average molecular weight is 179 g/mol. The van der Waals surface area contributed by atoms with Crippen molar-refractivity contribution < 1.29 is 9.53 Å². The van der Waals surface area contributed by atoms with Crippen molar-refractivity contribution in [2.45, 2.75) is 6.04 Å². The Balaban J connectivity index is 0.000000605. The van der Waals surface area contributed by atoms with Gasteiger partial charge in [0.2, 0.25) is 0 Å². The number of cyclic esters (lactones) is 1. The van der Waals surface area contributed by atoms with E-state index in [9.17, 15) is 4.79 Å². The van der Waals surface area contributed by atoms with Crippen LogP contribution in [0, 0.1) is 0 Å². The smallest absolute Gasteiger partial charge is 0.410 e. The molecular formula is C6H11ClN2O2. The lowest BCUT2D eigenvalue weighted by atomic mass is 10.2. The number of carbonyl (C=O) groups excluding carboxylic acids is 1. The molecule has 0 aromatic carbocycles. The second-order valence-electron chi connectivity index (χ2n) is 2.63. The first-order valence-electron chi connectivity index (χ1n) is 3.52. The second kappa shape index (κ2) is 3.28. The molecule has 1 amide bonds. The Morgan fingerprint density at radius 1 is 1.64 bits per heavy atom. The number of halogens is 1. The normalized spacial score (nSPS) is 28.9. The summed E-state index contributed by atoms with van der Waals surface area (Å²) >= 11 is 0. The third-order valence-corrected chi connectivity index (χ3v) is 1.98. The van der Waals surface area contributed by atoms with Gasteiger partial charge >= 0.3 is 6.09 Å². The molecule has 5 heteroatoms. The van der Waals surface area contributed by atoms with Crippen LogP contribution >= 0.6 is 12.4 Å². The van der Waals surface area contributed by atoms with E-state index in [1.807, 2.05) is 0 Å². The maximum Gasteiger partial charge on any atom is 0.410 e. The van der Waals surface area contributed by atoms with Crippen molar-refractivity contribution >= 4 is 18.5 Å². The topological polar surface area (TPSA) is 41.6 Å². The van der Waals surface area contributed by atoms with Crippen LogP contribution in [-0.2, 0) is 4.74 Å². The maximum absolute atomic E-state index is 10.9. The Kier molecular flexibility index (Phi) is 2.57. The second-order valence-corrected chi connectivity index (χ2v) is 2.63. The zero-order valence-electron chi connectivity index (χ0n) is 6.08. The molecule has 2 rings (SSSR count). The number of hydrogen-bond donors (Lipinski definition) is 1. The third kappa shape index (κ3) is 1.41. The molecule has 64 valence electrons. The summed E-state index contributed by atoms with van der Waals surface area (Å²) < 4.78 is 4.85. The molecule has 0 saturated carbocycles. The van der Waals surface area contributed by atoms with Gasteiger partial charge in [-0.1, -0.05) is 0 Å². The molecular weight excluding hydrogens is 168 g/mol. The molecule has 2 heterocycles. The summed E-state index contributed by atoms with van der Waals surface area (Å²) in [5, 5.41) is 3.20. The predicted octanol–water partition coefficient (Wildman–Crippen LogP) is -0.168. The van der Waals surface area contributed by atoms with Gasteiger partial charge in [0.25, 0.3) is 0 Å². The third-order valence-electron chi connectivity index (χ3n) is 1.98. The van der Waals surface area contributed by atoms with Gasteiger partial charge in [-0.05, 0) is 0 Å². The molecule has 0 bridgehead atoms. The molecule has 2 aliphatic heterocycles. The zero-order chi connectivity index (χ0) is 6.97. The molecule has 11 heavy (non-hydrogen) atoms. The molecule has 1 N–H and O–H groups in total. The van der Waals surface area contributed by atoms with Gasteiger partial charge in [0.1, 0.15) is 6.61 Å². The molecule has 1 atom stereocenters. The van der Waals surface area contributed by atoms with E-state index < -0.39 is 0 Å². The van der Waals surface area contributed by atoms with Crippen LogP contribution in [0.5, 0.6) is 0 Å². The molecule has 2 saturated heterocycles. The van der Waals surface area contributed by atoms with Gasteiger partial charge in [-0.15, -0.1) is 12.4 Å². The van der Waals surface area contributed by atoms with Crippen LogP contribution in [-0.4, -0.2) is 43.3 Å². The molecule has 0 aliphatic carbocycles. The summed E-state index contributed by atoms with van der Waals surface area (Å²) in [6.07, 6.45) is -0.147. The van der Waals surface area contributed by atoms with E-state index >= 15 is 0 Å². The van der Waals surface area contributed by atoms with E-state index in [1.165, 1.54) is 0 Å². The Morgan fingerprint density at radius 2 is 2.45 bits per heavy atom. The minimum absolute atomic E-state index is 0. The van der Waals surface area contributed by atoms with Crippen LogP contribution in [0.2, 0.25) is 0 Å². The first-order chi connectivity index (χ1) is 4.88. The van der Waals surface area contributed by atoms with E-state index in [2.05, 4.69) is 5.32 Å². The largest absolute Gasteiger partial charge is 0.447 e. The highest BCUT2D eigenvalue weighted by atomic mass is 35.5. The number of nitrogens with one attached hydrogen (secondary N) is 1. The number of hydrogen-bond acceptors (Lipinski definition) is 3. The maximum atomic E-state index is 10.9. The van der Waals surface area contributed by atoms with Crippen LogP contribution in [0.3, 0.4) is 0 Å². The van der Waals surface area contributed by atoms with Gasteiger partial charge in [0.15, 0.2) is 0 Å². The van der Waals surface area contributed by atoms with Crippen molar-refractivity contribution in [3.05, 3.63) is 0 Å². The van der Waals surface area contributed by atoms with Gasteiger partial charge in [-0.3, -0.25) is 4.90 Å². The molecule has 0 radical (unpaired) electrons. The molecule has 2 aliphatic rings. The first-order valence-corrected chi connectivity index (χ1v) is 3.52. The quantitative estimate of drug-likeness (QED) is 0.560. The standard InChI is InChI=1S/C6H10N2O2.ClH/c9-6-8-2-1-7-3-5(8)4-10-6;/h5,7H,1-4H2;1H. The molecule has 4 nitrogen and oxygen atoms in total. The Hall–Kier alpha value is -0.480. The lowest BCUT2D eigenvalue weighted by molar-refractivity contribution is 0.155. The summed E-state index contributed by atoms with van der Waals surface area (Å²) in [6, 6.07) is 0.293. The Labute approximate surface area is 71.3 Å². The number of amides is 1. The summed E-state index contributed by atoms with van der Waals surface area (Å²) in [4.78, 5) is 12.7. The van der Waals surface area contributed by atoms with Crippen LogP contribution in [0.1, 0.15) is 0 Å². The SMILES string of the molecule is Cl.O=C1OCC2CNCCN12. The van der Waals surface area contributed by atoms with E-state index in [1.54, 1.807) is 4.90 Å². The number of rotatable bonds is 0. The number of piperazine rings is 1. The van der Waals surface area contributed by atoms with E-state index in [0.717, 1.165) is 19.6 Å². The first kappa shape index (κ1) is 8.62. The summed E-state index contributed by atoms with van der Waals surface area (Å²) in [6.45, 7) is 3.13. The Bertz CT molecular complexity index is 165. The summed E-state index contributed by atoms with van der Waals surface area (Å²) in [5.74, 6) is 0. The lowest BCUT2D eigenvalue weighted by Gasteiger charge is -2.26. The van der Waals surface area contributed by atoms with E-state index in [0.29, 0.717) is 12.6 Å². The molecule has 1 unspecified atom stereocenters. The van der Waals surface area contributed by atoms with Crippen molar-refractivity contribution in [2.24, 2.45) is 0 Å². The average Bonchev–Trinajstić information content (AvgIpc) is 2.34. The van der Waals surface area contributed by atoms with Crippen LogP contribution in [0.4, 0.5) is 4.79 Å². The minimum atomic E-state index is -0.147. The van der Waals surface area contributed by atoms with Crippen LogP contribution in [0.15, 0.2) is 0 Å². The van der Waals surface area contributed by atoms with Crippen LogP contribution < -0.4 is 5.32 Å². The molecule has 0 aromatic rings. The zero-order valence-corrected chi connectivity index (χ0v) is 6.89. The summed E-state index contributed by atoms with van der Waals surface area (Å²) in [5.41, 5.74) is 0. The van der Waals surface area contributed by atoms with Crippen molar-refractivity contribution in [3.63, 3.8) is 0 Å². The van der Waals surface area contributed by atoms with E-state index in [-0.39, 0.29) is 18.5 Å². The van der Waals surface area contributed by atoms with Crippen molar-refractivity contribution in [1.82, 2.24) is 10.2 Å². The van der Waals surface area contributed by atoms with Gasteiger partial charge < -0.3 is 10.1 Å². The highest BCUT2D eigenvalue weighted by Crippen LogP contribution is 2.12. The molecule has 0 aromatic heterocycles. The summed E-state index contributed by atoms with van der Waals surface area (Å²) in [7, 11) is 0. The highest BCUT2D eigenvalue weighted by molar-refractivity contribution is 5.85. The van der Waals surface area contributed by atoms with Crippen molar-refractivity contribution in [2.75, 3.05) is 26.2 Å². The van der Waals surface area contributed by atoms with Crippen LogP contribution in [0.25, 0.3) is 0 Å². The van der Waals surface area contributed by atoms with Gasteiger partial charge in [0, 0.05) is 19.6 Å². The molecule has 2 fully saturated rings. The van der Waals surface area contributed by atoms with Gasteiger partial charge in [-0.25, -0.2) is 4.79 Å². The fourth-order valence-corrected chi connectivity index (χ4v) is 1.40. The molecule has 0 spiro atoms. The highest BCUT2D eigenvalue weighted by Gasteiger charge is 2.34. The Morgan fingerprint density at radius 3 is 3.18 bits per heavy atom. The number of carbonyl (C=O) groups is 1. The number of fused-ring (bicyclic) bond motifs is 1. The fourth-order valence-electron chi connectivity index (χ4n) is 1.40. The van der Waals surface area contributed by atoms with Gasteiger partial charge in [-0.2, -0.15) is 0 Å². The van der Waals surface area contributed by atoms with Crippen molar-refractivity contribution in [3.8, 4) is 0 Å².